The number of aryl methyl sites for hydroxylation is 1. The zero-order chi connectivity index (χ0) is 19.9. The molecule has 1 aliphatic rings. The second-order valence-electron chi connectivity index (χ2n) is 6.71. The monoisotopic (exact) mass is 378 g/mol. The number of nitrogens with zero attached hydrogens (tertiary/aromatic N) is 3. The Morgan fingerprint density at radius 2 is 2.21 bits per heavy atom. The second-order valence-corrected chi connectivity index (χ2v) is 6.71. The first-order valence-electron chi connectivity index (χ1n) is 8.67. The van der Waals surface area contributed by atoms with Crippen molar-refractivity contribution in [2.24, 2.45) is 5.73 Å². The van der Waals surface area contributed by atoms with Crippen LogP contribution in [0.2, 0.25) is 0 Å². The number of hydrogen-bond donors (Lipinski definition) is 2. The van der Waals surface area contributed by atoms with Crippen LogP contribution in [-0.4, -0.2) is 32.3 Å². The van der Waals surface area contributed by atoms with Crippen LogP contribution in [0.3, 0.4) is 0 Å². The van der Waals surface area contributed by atoms with Gasteiger partial charge in [0.25, 0.3) is 5.91 Å². The molecule has 0 spiro atoms. The van der Waals surface area contributed by atoms with E-state index in [0.717, 1.165) is 0 Å². The van der Waals surface area contributed by atoms with Crippen molar-refractivity contribution in [2.75, 3.05) is 6.61 Å². The summed E-state index contributed by atoms with van der Waals surface area (Å²) >= 11 is 0. The first-order chi connectivity index (χ1) is 13.3. The fourth-order valence-electron chi connectivity index (χ4n) is 2.94. The van der Waals surface area contributed by atoms with Gasteiger partial charge >= 0.3 is 0 Å². The Labute approximate surface area is 160 Å². The Kier molecular flexibility index (Phi) is 4.17. The molecule has 0 bridgehead atoms. The largest absolute Gasteiger partial charge is 0.491 e. The average molecular weight is 378 g/mol. The van der Waals surface area contributed by atoms with E-state index in [-0.39, 0.29) is 5.69 Å². The lowest BCUT2D eigenvalue weighted by Crippen LogP contribution is -2.18. The predicted octanol–water partition coefficient (Wildman–Crippen LogP) is 1.60. The fourth-order valence-corrected chi connectivity index (χ4v) is 2.94. The number of carbonyl (C=O) groups excluding carboxylic acids is 1. The number of nitrogens with two attached hydrogens (primary N) is 1. The van der Waals surface area contributed by atoms with Crippen molar-refractivity contribution in [3.05, 3.63) is 53.2 Å². The minimum absolute atomic E-state index is 0.198. The summed E-state index contributed by atoms with van der Waals surface area (Å²) in [6.45, 7) is 4.29. The van der Waals surface area contributed by atoms with Crippen molar-refractivity contribution < 1.29 is 19.2 Å². The molecule has 3 N–H and O–H groups in total. The first kappa shape index (κ1) is 17.8. The van der Waals surface area contributed by atoms with Crippen LogP contribution in [0.1, 0.15) is 34.4 Å². The highest BCUT2D eigenvalue weighted by Crippen LogP contribution is 2.32. The molecule has 0 saturated carbocycles. The van der Waals surface area contributed by atoms with E-state index in [4.69, 9.17) is 15.0 Å². The molecule has 1 amide bonds. The lowest BCUT2D eigenvalue weighted by Gasteiger charge is -2.11. The molecule has 0 aliphatic carbocycles. The van der Waals surface area contributed by atoms with Gasteiger partial charge in [0.2, 0.25) is 0 Å². The number of ether oxygens (including phenoxy) is 1. The molecule has 8 heteroatoms. The molecule has 0 unspecified atom stereocenters. The topological polar surface area (TPSA) is 116 Å². The molecule has 142 valence electrons. The van der Waals surface area contributed by atoms with Crippen molar-refractivity contribution in [3.8, 4) is 29.0 Å². The summed E-state index contributed by atoms with van der Waals surface area (Å²) in [6.07, 6.45) is 1.62. The molecule has 1 aliphatic heterocycles. The van der Waals surface area contributed by atoms with Crippen LogP contribution in [0.5, 0.6) is 5.75 Å². The quantitative estimate of drug-likeness (QED) is 0.654. The maximum atomic E-state index is 11.5. The zero-order valence-corrected chi connectivity index (χ0v) is 15.4. The Hall–Kier alpha value is -3.57. The van der Waals surface area contributed by atoms with E-state index < -0.39 is 11.5 Å². The van der Waals surface area contributed by atoms with Gasteiger partial charge in [0.15, 0.2) is 5.60 Å². The van der Waals surface area contributed by atoms with Crippen molar-refractivity contribution in [2.45, 2.75) is 26.0 Å². The molecule has 0 fully saturated rings. The minimum atomic E-state index is -1.46. The molecule has 0 radical (unpaired) electrons. The highest BCUT2D eigenvalue weighted by Gasteiger charge is 2.25. The third-order valence-electron chi connectivity index (χ3n) is 4.42. The summed E-state index contributed by atoms with van der Waals surface area (Å²) in [5.74, 6) is 7.01. The van der Waals surface area contributed by atoms with Crippen LogP contribution in [0.25, 0.3) is 11.4 Å². The molecule has 3 aromatic rings. The summed E-state index contributed by atoms with van der Waals surface area (Å²) < 4.78 is 12.6. The van der Waals surface area contributed by atoms with Gasteiger partial charge in [0.05, 0.1) is 12.1 Å². The lowest BCUT2D eigenvalue weighted by molar-refractivity contribution is 0.0995. The average Bonchev–Trinajstić information content (AvgIpc) is 3.24. The molecular formula is C20H18N4O4. The van der Waals surface area contributed by atoms with E-state index in [1.807, 2.05) is 4.57 Å². The predicted molar refractivity (Wildman–Crippen MR) is 99.4 cm³/mol. The van der Waals surface area contributed by atoms with Gasteiger partial charge in [-0.05, 0) is 32.0 Å². The van der Waals surface area contributed by atoms with Gasteiger partial charge in [-0.25, -0.2) is 4.98 Å². The van der Waals surface area contributed by atoms with Crippen molar-refractivity contribution in [1.82, 2.24) is 14.7 Å². The number of carbonyl (C=O) groups is 1. The maximum Gasteiger partial charge on any atom is 0.268 e. The Morgan fingerprint density at radius 3 is 2.93 bits per heavy atom. The Bertz CT molecular complexity index is 1130. The maximum absolute atomic E-state index is 11.5. The molecule has 1 aromatic carbocycles. The van der Waals surface area contributed by atoms with E-state index in [1.165, 1.54) is 0 Å². The molecule has 0 saturated heterocycles. The van der Waals surface area contributed by atoms with Crippen LogP contribution in [0.4, 0.5) is 0 Å². The number of imidazole rings is 1. The van der Waals surface area contributed by atoms with E-state index >= 15 is 0 Å². The molecule has 8 nitrogen and oxygen atoms in total. The standard InChI is InChI=1S/C20H18N4O4/c1-12-9-17(23-28-12)20(2,26)6-5-13-3-4-16-14(10-13)19-22-15(18(21)25)11-24(19)7-8-27-16/h3-4,9-11,26H,7-8H2,1-2H3,(H2,21,25)/t20-/m1/s1. The SMILES string of the molecule is Cc1cc([C@](C)(O)C#Cc2ccc3c(c2)-c2nc(C(N)=O)cn2CCO3)no1. The molecule has 4 rings (SSSR count). The van der Waals surface area contributed by atoms with Gasteiger partial charge in [-0.2, -0.15) is 0 Å². The number of primary amides is 1. The second kappa shape index (κ2) is 6.55. The fraction of sp³-hybridized carbons (Fsp3) is 0.250. The van der Waals surface area contributed by atoms with E-state index in [1.54, 1.807) is 44.3 Å². The van der Waals surface area contributed by atoms with Crippen LogP contribution in [-0.2, 0) is 12.1 Å². The third-order valence-corrected chi connectivity index (χ3v) is 4.42. The van der Waals surface area contributed by atoms with E-state index in [9.17, 15) is 9.90 Å². The molecule has 1 atom stereocenters. The summed E-state index contributed by atoms with van der Waals surface area (Å²) in [6, 6.07) is 7.04. The van der Waals surface area contributed by atoms with Gasteiger partial charge in [0, 0.05) is 17.8 Å². The Morgan fingerprint density at radius 1 is 1.39 bits per heavy atom. The summed E-state index contributed by atoms with van der Waals surface area (Å²) in [5, 5.41) is 14.4. The smallest absolute Gasteiger partial charge is 0.268 e. The van der Waals surface area contributed by atoms with Crippen LogP contribution in [0, 0.1) is 18.8 Å². The lowest BCUT2D eigenvalue weighted by atomic mass is 10.0. The number of fused-ring (bicyclic) bond motifs is 3. The third kappa shape index (κ3) is 3.23. The van der Waals surface area contributed by atoms with Gasteiger partial charge < -0.3 is 24.7 Å². The number of aliphatic hydroxyl groups is 1. The molecule has 3 heterocycles. The summed E-state index contributed by atoms with van der Waals surface area (Å²) in [5.41, 5.74) is 5.80. The molecular weight excluding hydrogens is 360 g/mol. The number of benzene rings is 1. The van der Waals surface area contributed by atoms with Crippen LogP contribution >= 0.6 is 0 Å². The van der Waals surface area contributed by atoms with Crippen molar-refractivity contribution in [3.63, 3.8) is 0 Å². The van der Waals surface area contributed by atoms with Gasteiger partial charge in [-0.3, -0.25) is 4.79 Å². The Balaban J connectivity index is 1.73. The van der Waals surface area contributed by atoms with Crippen LogP contribution < -0.4 is 10.5 Å². The number of amides is 1. The van der Waals surface area contributed by atoms with Gasteiger partial charge in [-0.1, -0.05) is 17.0 Å². The highest BCUT2D eigenvalue weighted by atomic mass is 16.5. The highest BCUT2D eigenvalue weighted by molar-refractivity contribution is 5.91. The first-order valence-corrected chi connectivity index (χ1v) is 8.67. The number of rotatable bonds is 2. The molecule has 2 aromatic heterocycles. The van der Waals surface area contributed by atoms with Crippen LogP contribution in [0.15, 0.2) is 35.0 Å². The minimum Gasteiger partial charge on any atom is -0.491 e. The van der Waals surface area contributed by atoms with Crippen molar-refractivity contribution >= 4 is 5.91 Å². The van der Waals surface area contributed by atoms with Gasteiger partial charge in [0.1, 0.15) is 35.3 Å². The van der Waals surface area contributed by atoms with Crippen molar-refractivity contribution in [1.29, 1.82) is 0 Å². The molecule has 28 heavy (non-hydrogen) atoms. The van der Waals surface area contributed by atoms with Gasteiger partial charge in [-0.15, -0.1) is 0 Å². The number of hydrogen-bond acceptors (Lipinski definition) is 6. The van der Waals surface area contributed by atoms with E-state index in [0.29, 0.717) is 47.3 Å². The summed E-state index contributed by atoms with van der Waals surface area (Å²) in [4.78, 5) is 15.8. The number of aromatic nitrogens is 3. The zero-order valence-electron chi connectivity index (χ0n) is 15.4. The van der Waals surface area contributed by atoms with E-state index in [2.05, 4.69) is 22.0 Å². The normalized spacial score (nSPS) is 14.5. The summed E-state index contributed by atoms with van der Waals surface area (Å²) in [7, 11) is 0.